The van der Waals surface area contributed by atoms with Crippen LogP contribution < -0.4 is 0 Å². The molecule has 0 aromatic heterocycles. The SMILES string of the molecule is O=C(O)C1C2CCC(C2)C1C(=O)N1CCN(Cc2cccc(F)c2)CC1. The smallest absolute Gasteiger partial charge is 0.307 e. The highest BCUT2D eigenvalue weighted by molar-refractivity contribution is 5.86. The fourth-order valence-corrected chi connectivity index (χ4v) is 5.23. The van der Waals surface area contributed by atoms with Crippen LogP contribution in [0, 0.1) is 29.5 Å². The number of amides is 1. The first kappa shape index (κ1) is 17.5. The molecule has 4 rings (SSSR count). The molecule has 26 heavy (non-hydrogen) atoms. The third-order valence-corrected chi connectivity index (χ3v) is 6.47. The highest BCUT2D eigenvalue weighted by atomic mass is 19.1. The van der Waals surface area contributed by atoms with E-state index in [1.54, 1.807) is 12.1 Å². The van der Waals surface area contributed by atoms with Gasteiger partial charge in [-0.2, -0.15) is 0 Å². The van der Waals surface area contributed by atoms with Gasteiger partial charge >= 0.3 is 5.97 Å². The Morgan fingerprint density at radius 3 is 2.42 bits per heavy atom. The van der Waals surface area contributed by atoms with Crippen LogP contribution in [-0.4, -0.2) is 53.0 Å². The standard InChI is InChI=1S/C20H25FN2O3/c21-16-3-1-2-13(10-16)12-22-6-8-23(9-7-22)19(24)17-14-4-5-15(11-14)18(17)20(25)26/h1-3,10,14-15,17-18H,4-9,11-12H2,(H,25,26). The fraction of sp³-hybridized carbons (Fsp3) is 0.600. The lowest BCUT2D eigenvalue weighted by atomic mass is 9.78. The Labute approximate surface area is 152 Å². The number of aliphatic carboxylic acids is 1. The molecule has 1 saturated heterocycles. The number of carbonyl (C=O) groups is 2. The van der Waals surface area contributed by atoms with Crippen LogP contribution in [0.3, 0.4) is 0 Å². The van der Waals surface area contributed by atoms with Crippen LogP contribution >= 0.6 is 0 Å². The molecule has 1 aromatic rings. The monoisotopic (exact) mass is 360 g/mol. The number of hydrogen-bond acceptors (Lipinski definition) is 3. The maximum absolute atomic E-state index is 13.3. The lowest BCUT2D eigenvalue weighted by Crippen LogP contribution is -2.52. The second-order valence-corrected chi connectivity index (χ2v) is 7.95. The summed E-state index contributed by atoms with van der Waals surface area (Å²) in [5.74, 6) is -1.39. The van der Waals surface area contributed by atoms with E-state index in [-0.39, 0.29) is 29.5 Å². The van der Waals surface area contributed by atoms with E-state index in [1.807, 2.05) is 11.0 Å². The average Bonchev–Trinajstić information content (AvgIpc) is 3.23. The quantitative estimate of drug-likeness (QED) is 0.894. The molecule has 3 fully saturated rings. The molecule has 140 valence electrons. The first-order valence-electron chi connectivity index (χ1n) is 9.51. The number of fused-ring (bicyclic) bond motifs is 2. The molecule has 0 radical (unpaired) electrons. The van der Waals surface area contributed by atoms with Gasteiger partial charge in [-0.15, -0.1) is 0 Å². The number of hydrogen-bond donors (Lipinski definition) is 1. The van der Waals surface area contributed by atoms with E-state index in [2.05, 4.69) is 4.90 Å². The molecule has 1 amide bonds. The first-order chi connectivity index (χ1) is 12.5. The van der Waals surface area contributed by atoms with E-state index >= 15 is 0 Å². The molecule has 4 atom stereocenters. The highest BCUT2D eigenvalue weighted by Gasteiger charge is 2.54. The molecule has 1 aliphatic heterocycles. The summed E-state index contributed by atoms with van der Waals surface area (Å²) in [5.41, 5.74) is 0.934. The molecule has 0 spiro atoms. The number of benzene rings is 1. The minimum atomic E-state index is -0.805. The third kappa shape index (κ3) is 3.22. The molecule has 2 aliphatic carbocycles. The average molecular weight is 360 g/mol. The van der Waals surface area contributed by atoms with Crippen LogP contribution in [0.5, 0.6) is 0 Å². The van der Waals surface area contributed by atoms with Gasteiger partial charge in [-0.25, -0.2) is 4.39 Å². The van der Waals surface area contributed by atoms with E-state index in [1.165, 1.54) is 6.07 Å². The number of carbonyl (C=O) groups excluding carboxylic acids is 1. The Morgan fingerprint density at radius 2 is 1.77 bits per heavy atom. The van der Waals surface area contributed by atoms with Gasteiger partial charge in [0.2, 0.25) is 5.91 Å². The number of halogens is 1. The summed E-state index contributed by atoms with van der Waals surface area (Å²) in [6, 6.07) is 6.61. The fourth-order valence-electron chi connectivity index (χ4n) is 5.23. The largest absolute Gasteiger partial charge is 0.481 e. The Kier molecular flexibility index (Phi) is 4.69. The summed E-state index contributed by atoms with van der Waals surface area (Å²) in [6.45, 7) is 3.38. The lowest BCUT2D eigenvalue weighted by Gasteiger charge is -2.38. The zero-order valence-electron chi connectivity index (χ0n) is 14.8. The van der Waals surface area contributed by atoms with Crippen LogP contribution in [0.15, 0.2) is 24.3 Å². The van der Waals surface area contributed by atoms with Crippen LogP contribution in [-0.2, 0) is 16.1 Å². The van der Waals surface area contributed by atoms with Gasteiger partial charge in [-0.1, -0.05) is 12.1 Å². The molecular formula is C20H25FN2O3. The van der Waals surface area contributed by atoms with Gasteiger partial charge in [0, 0.05) is 32.7 Å². The zero-order chi connectivity index (χ0) is 18.3. The molecule has 1 N–H and O–H groups in total. The molecule has 2 saturated carbocycles. The first-order valence-corrected chi connectivity index (χ1v) is 9.51. The van der Waals surface area contributed by atoms with Crippen molar-refractivity contribution in [3.8, 4) is 0 Å². The van der Waals surface area contributed by atoms with E-state index in [0.717, 1.165) is 37.9 Å². The van der Waals surface area contributed by atoms with E-state index in [0.29, 0.717) is 19.6 Å². The summed E-state index contributed by atoms with van der Waals surface area (Å²) in [5, 5.41) is 9.57. The number of nitrogens with zero attached hydrogens (tertiary/aromatic N) is 2. The van der Waals surface area contributed by atoms with Crippen LogP contribution in [0.4, 0.5) is 4.39 Å². The second-order valence-electron chi connectivity index (χ2n) is 7.95. The van der Waals surface area contributed by atoms with E-state index < -0.39 is 11.9 Å². The predicted octanol–water partition coefficient (Wildman–Crippen LogP) is 2.22. The Morgan fingerprint density at radius 1 is 1.08 bits per heavy atom. The van der Waals surface area contributed by atoms with Crippen molar-refractivity contribution in [1.82, 2.24) is 9.80 Å². The summed E-state index contributed by atoms with van der Waals surface area (Å²) in [4.78, 5) is 28.7. The molecule has 2 bridgehead atoms. The maximum Gasteiger partial charge on any atom is 0.307 e. The van der Waals surface area contributed by atoms with Crippen LogP contribution in [0.25, 0.3) is 0 Å². The van der Waals surface area contributed by atoms with Crippen molar-refractivity contribution in [2.24, 2.45) is 23.7 Å². The van der Waals surface area contributed by atoms with Crippen molar-refractivity contribution >= 4 is 11.9 Å². The molecule has 6 heteroatoms. The van der Waals surface area contributed by atoms with Crippen molar-refractivity contribution in [3.63, 3.8) is 0 Å². The van der Waals surface area contributed by atoms with Crippen molar-refractivity contribution in [2.45, 2.75) is 25.8 Å². The van der Waals surface area contributed by atoms with Gasteiger partial charge in [-0.3, -0.25) is 14.5 Å². The summed E-state index contributed by atoms with van der Waals surface area (Å²) < 4.78 is 13.3. The van der Waals surface area contributed by atoms with Crippen molar-refractivity contribution < 1.29 is 19.1 Å². The van der Waals surface area contributed by atoms with Gasteiger partial charge in [-0.05, 0) is 48.8 Å². The summed E-state index contributed by atoms with van der Waals surface area (Å²) in [6.07, 6.45) is 2.84. The zero-order valence-corrected chi connectivity index (χ0v) is 14.8. The third-order valence-electron chi connectivity index (χ3n) is 6.47. The minimum absolute atomic E-state index is 0.0370. The van der Waals surface area contributed by atoms with Gasteiger partial charge in [0.15, 0.2) is 0 Å². The predicted molar refractivity (Wildman–Crippen MR) is 93.7 cm³/mol. The number of carboxylic acid groups (broad SMARTS) is 1. The van der Waals surface area contributed by atoms with Gasteiger partial charge in [0.25, 0.3) is 0 Å². The van der Waals surface area contributed by atoms with Crippen molar-refractivity contribution in [2.75, 3.05) is 26.2 Å². The summed E-state index contributed by atoms with van der Waals surface area (Å²) >= 11 is 0. The second kappa shape index (κ2) is 6.99. The Balaban J connectivity index is 1.36. The molecule has 3 aliphatic rings. The number of piperazine rings is 1. The lowest BCUT2D eigenvalue weighted by molar-refractivity contribution is -0.153. The molecular weight excluding hydrogens is 335 g/mol. The molecule has 4 unspecified atom stereocenters. The van der Waals surface area contributed by atoms with Crippen LogP contribution in [0.2, 0.25) is 0 Å². The van der Waals surface area contributed by atoms with Gasteiger partial charge in [0.1, 0.15) is 5.82 Å². The van der Waals surface area contributed by atoms with Crippen molar-refractivity contribution in [1.29, 1.82) is 0 Å². The summed E-state index contributed by atoms with van der Waals surface area (Å²) in [7, 11) is 0. The molecule has 1 aromatic carbocycles. The molecule has 5 nitrogen and oxygen atoms in total. The Bertz CT molecular complexity index is 702. The van der Waals surface area contributed by atoms with Crippen LogP contribution in [0.1, 0.15) is 24.8 Å². The number of rotatable bonds is 4. The maximum atomic E-state index is 13.3. The van der Waals surface area contributed by atoms with Gasteiger partial charge in [0.05, 0.1) is 11.8 Å². The Hall–Kier alpha value is -1.95. The topological polar surface area (TPSA) is 60.9 Å². The highest BCUT2D eigenvalue weighted by Crippen LogP contribution is 2.53. The van der Waals surface area contributed by atoms with Gasteiger partial charge < -0.3 is 10.0 Å². The molecule has 1 heterocycles. The number of carboxylic acids is 1. The normalized spacial score (nSPS) is 31.3. The van der Waals surface area contributed by atoms with E-state index in [4.69, 9.17) is 0 Å². The minimum Gasteiger partial charge on any atom is -0.481 e. The van der Waals surface area contributed by atoms with Crippen molar-refractivity contribution in [3.05, 3.63) is 35.6 Å². The van der Waals surface area contributed by atoms with E-state index in [9.17, 15) is 19.1 Å².